The van der Waals surface area contributed by atoms with Gasteiger partial charge < -0.3 is 4.90 Å². The Kier molecular flexibility index (Phi) is 2.59. The van der Waals surface area contributed by atoms with Crippen LogP contribution in [0.2, 0.25) is 0 Å². The predicted octanol–water partition coefficient (Wildman–Crippen LogP) is 2.05. The van der Waals surface area contributed by atoms with Gasteiger partial charge in [-0.2, -0.15) is 5.26 Å². The van der Waals surface area contributed by atoms with Gasteiger partial charge in [0.2, 0.25) is 0 Å². The molecule has 1 fully saturated rings. The van der Waals surface area contributed by atoms with E-state index in [1.807, 2.05) is 12.1 Å². The Hall–Kier alpha value is -1.56. The monoisotopic (exact) mass is 201 g/mol. The molecule has 1 aliphatic heterocycles. The van der Waals surface area contributed by atoms with E-state index in [1.165, 1.54) is 0 Å². The van der Waals surface area contributed by atoms with E-state index in [9.17, 15) is 0 Å². The van der Waals surface area contributed by atoms with Gasteiger partial charge in [-0.1, -0.05) is 13.8 Å². The normalized spacial score (nSPS) is 25.3. The third-order valence-electron chi connectivity index (χ3n) is 3.19. The van der Waals surface area contributed by atoms with Crippen LogP contribution in [-0.4, -0.2) is 18.1 Å². The van der Waals surface area contributed by atoms with Crippen molar-refractivity contribution in [1.29, 1.82) is 5.26 Å². The van der Waals surface area contributed by atoms with Gasteiger partial charge in [-0.15, -0.1) is 0 Å². The minimum Gasteiger partial charge on any atom is -0.356 e. The fourth-order valence-corrected chi connectivity index (χ4v) is 1.96. The highest BCUT2D eigenvalue weighted by molar-refractivity contribution is 5.42. The highest BCUT2D eigenvalue weighted by Crippen LogP contribution is 2.26. The summed E-state index contributed by atoms with van der Waals surface area (Å²) in [6.45, 7) is 6.68. The molecule has 0 aromatic carbocycles. The lowest BCUT2D eigenvalue weighted by atomic mass is 10.0. The Morgan fingerprint density at radius 3 is 2.47 bits per heavy atom. The van der Waals surface area contributed by atoms with E-state index in [2.05, 4.69) is 29.8 Å². The topological polar surface area (TPSA) is 39.9 Å². The van der Waals surface area contributed by atoms with Crippen molar-refractivity contribution in [3.05, 3.63) is 23.9 Å². The molecule has 2 heterocycles. The first-order valence-electron chi connectivity index (χ1n) is 5.32. The Labute approximate surface area is 90.4 Å². The maximum absolute atomic E-state index is 8.67. The van der Waals surface area contributed by atoms with Crippen molar-refractivity contribution < 1.29 is 0 Å². The summed E-state index contributed by atoms with van der Waals surface area (Å²) in [6, 6.07) is 5.84. The molecule has 3 heteroatoms. The molecule has 0 aliphatic carbocycles. The quantitative estimate of drug-likeness (QED) is 0.698. The summed E-state index contributed by atoms with van der Waals surface area (Å²) in [6.07, 6.45) is 1.64. The largest absolute Gasteiger partial charge is 0.356 e. The molecule has 3 nitrogen and oxygen atoms in total. The van der Waals surface area contributed by atoms with Gasteiger partial charge in [0.25, 0.3) is 0 Å². The molecule has 0 spiro atoms. The van der Waals surface area contributed by atoms with E-state index in [0.29, 0.717) is 5.56 Å². The van der Waals surface area contributed by atoms with Gasteiger partial charge >= 0.3 is 0 Å². The van der Waals surface area contributed by atoms with Gasteiger partial charge in [0, 0.05) is 19.3 Å². The Morgan fingerprint density at radius 1 is 1.33 bits per heavy atom. The number of nitriles is 1. The van der Waals surface area contributed by atoms with Gasteiger partial charge in [0.05, 0.1) is 5.56 Å². The fourth-order valence-electron chi connectivity index (χ4n) is 1.96. The lowest BCUT2D eigenvalue weighted by Crippen LogP contribution is -2.20. The lowest BCUT2D eigenvalue weighted by molar-refractivity contribution is 0.494. The zero-order valence-electron chi connectivity index (χ0n) is 9.14. The first kappa shape index (κ1) is 9.97. The van der Waals surface area contributed by atoms with Gasteiger partial charge in [0.1, 0.15) is 11.9 Å². The molecule has 0 unspecified atom stereocenters. The Bertz CT molecular complexity index is 367. The van der Waals surface area contributed by atoms with Crippen molar-refractivity contribution in [2.75, 3.05) is 18.0 Å². The van der Waals surface area contributed by atoms with E-state index in [4.69, 9.17) is 5.26 Å². The second-order valence-corrected chi connectivity index (χ2v) is 4.38. The number of rotatable bonds is 1. The molecule has 0 saturated carbocycles. The zero-order chi connectivity index (χ0) is 10.8. The Balaban J connectivity index is 2.14. The average Bonchev–Trinajstić information content (AvgIpc) is 2.59. The van der Waals surface area contributed by atoms with Crippen molar-refractivity contribution in [1.82, 2.24) is 4.98 Å². The standard InChI is InChI=1S/C12H15N3/c1-9-7-15(8-10(9)2)12-4-3-11(5-13)6-14-12/h3-4,6,9-10H,7-8H2,1-2H3/t9-,10+. The molecule has 2 atom stereocenters. The van der Waals surface area contributed by atoms with E-state index in [0.717, 1.165) is 30.7 Å². The van der Waals surface area contributed by atoms with Crippen LogP contribution >= 0.6 is 0 Å². The van der Waals surface area contributed by atoms with Crippen molar-refractivity contribution in [2.45, 2.75) is 13.8 Å². The van der Waals surface area contributed by atoms with Gasteiger partial charge in [-0.25, -0.2) is 4.98 Å². The summed E-state index contributed by atoms with van der Waals surface area (Å²) in [5.41, 5.74) is 0.624. The van der Waals surface area contributed by atoms with Gasteiger partial charge in [-0.05, 0) is 24.0 Å². The summed E-state index contributed by atoms with van der Waals surface area (Å²) in [4.78, 5) is 6.59. The molecule has 2 rings (SSSR count). The first-order valence-corrected chi connectivity index (χ1v) is 5.32. The molecule has 1 aliphatic rings. The van der Waals surface area contributed by atoms with Crippen LogP contribution in [0.4, 0.5) is 5.82 Å². The number of aromatic nitrogens is 1. The molecule has 0 amide bonds. The SMILES string of the molecule is C[C@@H]1CN(c2ccc(C#N)cn2)C[C@@H]1C. The van der Waals surface area contributed by atoms with Crippen LogP contribution in [-0.2, 0) is 0 Å². The maximum atomic E-state index is 8.67. The average molecular weight is 201 g/mol. The highest BCUT2D eigenvalue weighted by atomic mass is 15.2. The van der Waals surface area contributed by atoms with Crippen molar-refractivity contribution in [3.8, 4) is 6.07 Å². The number of anilines is 1. The van der Waals surface area contributed by atoms with Crippen molar-refractivity contribution >= 4 is 5.82 Å². The van der Waals surface area contributed by atoms with Crippen LogP contribution in [0.3, 0.4) is 0 Å². The smallest absolute Gasteiger partial charge is 0.128 e. The van der Waals surface area contributed by atoms with Crippen LogP contribution in [0, 0.1) is 23.2 Å². The van der Waals surface area contributed by atoms with Crippen molar-refractivity contribution in [3.63, 3.8) is 0 Å². The molecule has 0 N–H and O–H groups in total. The number of pyridine rings is 1. The summed E-state index contributed by atoms with van der Waals surface area (Å²) in [5.74, 6) is 2.44. The molecule has 78 valence electrons. The number of hydrogen-bond acceptors (Lipinski definition) is 3. The van der Waals surface area contributed by atoms with Crippen LogP contribution < -0.4 is 4.90 Å². The van der Waals surface area contributed by atoms with Gasteiger partial charge in [-0.3, -0.25) is 0 Å². The predicted molar refractivity (Wildman–Crippen MR) is 59.5 cm³/mol. The Morgan fingerprint density at radius 2 is 2.00 bits per heavy atom. The van der Waals surface area contributed by atoms with Crippen LogP contribution in [0.5, 0.6) is 0 Å². The minimum absolute atomic E-state index is 0.624. The molecule has 0 radical (unpaired) electrons. The molecule has 1 aromatic rings. The molecular formula is C12H15N3. The summed E-state index contributed by atoms with van der Waals surface area (Å²) < 4.78 is 0. The molecule has 0 bridgehead atoms. The third-order valence-corrected chi connectivity index (χ3v) is 3.19. The molecule has 1 saturated heterocycles. The highest BCUT2D eigenvalue weighted by Gasteiger charge is 2.26. The summed E-state index contributed by atoms with van der Waals surface area (Å²) in [7, 11) is 0. The first-order chi connectivity index (χ1) is 7.20. The van der Waals surface area contributed by atoms with Crippen LogP contribution in [0.1, 0.15) is 19.4 Å². The molecule has 15 heavy (non-hydrogen) atoms. The second kappa shape index (κ2) is 3.90. The van der Waals surface area contributed by atoms with Crippen LogP contribution in [0.15, 0.2) is 18.3 Å². The molecular weight excluding hydrogens is 186 g/mol. The van der Waals surface area contributed by atoms with Crippen LogP contribution in [0.25, 0.3) is 0 Å². The van der Waals surface area contributed by atoms with Gasteiger partial charge in [0.15, 0.2) is 0 Å². The summed E-state index contributed by atoms with van der Waals surface area (Å²) >= 11 is 0. The fraction of sp³-hybridized carbons (Fsp3) is 0.500. The molecule has 1 aromatic heterocycles. The maximum Gasteiger partial charge on any atom is 0.128 e. The minimum atomic E-state index is 0.624. The van der Waals surface area contributed by atoms with E-state index >= 15 is 0 Å². The number of hydrogen-bond donors (Lipinski definition) is 0. The van der Waals surface area contributed by atoms with E-state index in [-0.39, 0.29) is 0 Å². The summed E-state index contributed by atoms with van der Waals surface area (Å²) in [5, 5.41) is 8.67. The lowest BCUT2D eigenvalue weighted by Gasteiger charge is -2.16. The van der Waals surface area contributed by atoms with E-state index in [1.54, 1.807) is 6.20 Å². The second-order valence-electron chi connectivity index (χ2n) is 4.38. The van der Waals surface area contributed by atoms with E-state index < -0.39 is 0 Å². The number of nitrogens with zero attached hydrogens (tertiary/aromatic N) is 3. The zero-order valence-corrected chi connectivity index (χ0v) is 9.14. The van der Waals surface area contributed by atoms with Crippen molar-refractivity contribution in [2.24, 2.45) is 11.8 Å². The third kappa shape index (κ3) is 1.94.